The quantitative estimate of drug-likeness (QED) is 0.598. The van der Waals surface area contributed by atoms with E-state index in [0.717, 1.165) is 5.56 Å². The number of halogens is 1. The summed E-state index contributed by atoms with van der Waals surface area (Å²) in [7, 11) is 0. The molecule has 0 aliphatic carbocycles. The van der Waals surface area contributed by atoms with E-state index in [-0.39, 0.29) is 12.4 Å². The number of carboxylic acid groups (broad SMARTS) is 1. The average Bonchev–Trinajstić information content (AvgIpc) is 2.19. The van der Waals surface area contributed by atoms with Gasteiger partial charge in [-0.2, -0.15) is 0 Å². The number of aromatic carboxylic acids is 1. The van der Waals surface area contributed by atoms with Gasteiger partial charge in [-0.15, -0.1) is 19.0 Å². The minimum absolute atomic E-state index is 0. The first kappa shape index (κ1) is 13.7. The monoisotopic (exact) mass is 227 g/mol. The number of nitrogens with one attached hydrogen (secondary N) is 1. The Morgan fingerprint density at radius 3 is 2.73 bits per heavy atom. The molecule has 82 valence electrons. The Bertz CT molecular complexity index is 339. The molecule has 0 amide bonds. The van der Waals surface area contributed by atoms with Crippen molar-refractivity contribution >= 4 is 18.4 Å². The molecule has 2 N–H and O–H groups in total. The highest BCUT2D eigenvalue weighted by Gasteiger charge is 2.07. The fourth-order valence-corrected chi connectivity index (χ4v) is 1.19. The lowest BCUT2D eigenvalue weighted by atomic mass is 10.1. The van der Waals surface area contributed by atoms with Crippen LogP contribution in [0.4, 0.5) is 0 Å². The van der Waals surface area contributed by atoms with Crippen LogP contribution in [0.1, 0.15) is 15.9 Å². The molecule has 1 aromatic rings. The molecule has 0 heterocycles. The summed E-state index contributed by atoms with van der Waals surface area (Å²) >= 11 is 0. The Morgan fingerprint density at radius 1 is 1.47 bits per heavy atom. The van der Waals surface area contributed by atoms with Gasteiger partial charge in [0.05, 0.1) is 5.56 Å². The van der Waals surface area contributed by atoms with Crippen LogP contribution in [0, 0.1) is 0 Å². The van der Waals surface area contributed by atoms with Gasteiger partial charge in [0.15, 0.2) is 0 Å². The molecule has 0 aliphatic heterocycles. The van der Waals surface area contributed by atoms with Crippen LogP contribution in [0.5, 0.6) is 0 Å². The first-order valence-electron chi connectivity index (χ1n) is 4.38. The van der Waals surface area contributed by atoms with Gasteiger partial charge in [-0.1, -0.05) is 24.3 Å². The number of rotatable bonds is 5. The summed E-state index contributed by atoms with van der Waals surface area (Å²) in [4.78, 5) is 10.8. The van der Waals surface area contributed by atoms with Gasteiger partial charge in [0.2, 0.25) is 0 Å². The molecule has 1 aromatic carbocycles. The van der Waals surface area contributed by atoms with E-state index >= 15 is 0 Å². The van der Waals surface area contributed by atoms with E-state index in [4.69, 9.17) is 5.11 Å². The van der Waals surface area contributed by atoms with E-state index in [2.05, 4.69) is 11.9 Å². The van der Waals surface area contributed by atoms with Gasteiger partial charge in [-0.25, -0.2) is 4.79 Å². The Kier molecular flexibility index (Phi) is 6.42. The van der Waals surface area contributed by atoms with E-state index in [1.165, 1.54) is 0 Å². The molecular weight excluding hydrogens is 214 g/mol. The van der Waals surface area contributed by atoms with E-state index in [1.807, 2.05) is 6.07 Å². The van der Waals surface area contributed by atoms with Crippen LogP contribution in [-0.4, -0.2) is 17.6 Å². The fourth-order valence-electron chi connectivity index (χ4n) is 1.19. The molecule has 3 nitrogen and oxygen atoms in total. The van der Waals surface area contributed by atoms with E-state index in [9.17, 15) is 4.79 Å². The molecule has 0 aromatic heterocycles. The van der Waals surface area contributed by atoms with Crippen LogP contribution >= 0.6 is 12.4 Å². The van der Waals surface area contributed by atoms with Crippen molar-refractivity contribution in [2.24, 2.45) is 0 Å². The van der Waals surface area contributed by atoms with Gasteiger partial charge in [-0.05, 0) is 11.6 Å². The molecular formula is C11H14ClNO2. The zero-order valence-corrected chi connectivity index (χ0v) is 9.09. The molecule has 15 heavy (non-hydrogen) atoms. The number of carbonyl (C=O) groups is 1. The van der Waals surface area contributed by atoms with Crippen molar-refractivity contribution in [2.45, 2.75) is 6.54 Å². The maximum atomic E-state index is 10.8. The predicted molar refractivity (Wildman–Crippen MR) is 62.6 cm³/mol. The van der Waals surface area contributed by atoms with Crippen LogP contribution < -0.4 is 5.32 Å². The molecule has 0 saturated heterocycles. The molecule has 4 heteroatoms. The molecule has 0 saturated carbocycles. The van der Waals surface area contributed by atoms with Crippen LogP contribution in [0.15, 0.2) is 36.9 Å². The van der Waals surface area contributed by atoms with E-state index in [0.29, 0.717) is 18.7 Å². The lowest BCUT2D eigenvalue weighted by Gasteiger charge is -2.05. The van der Waals surface area contributed by atoms with Gasteiger partial charge < -0.3 is 10.4 Å². The highest BCUT2D eigenvalue weighted by molar-refractivity contribution is 5.89. The van der Waals surface area contributed by atoms with Crippen LogP contribution in [0.3, 0.4) is 0 Å². The Morgan fingerprint density at radius 2 is 2.13 bits per heavy atom. The van der Waals surface area contributed by atoms with Crippen LogP contribution in [-0.2, 0) is 6.54 Å². The zero-order chi connectivity index (χ0) is 10.4. The minimum atomic E-state index is -0.888. The Hall–Kier alpha value is -1.32. The zero-order valence-electron chi connectivity index (χ0n) is 8.27. The van der Waals surface area contributed by atoms with Gasteiger partial charge in [-0.3, -0.25) is 0 Å². The van der Waals surface area contributed by atoms with Gasteiger partial charge in [0.1, 0.15) is 0 Å². The third kappa shape index (κ3) is 4.14. The maximum absolute atomic E-state index is 10.8. The second-order valence-corrected chi connectivity index (χ2v) is 2.88. The van der Waals surface area contributed by atoms with Crippen LogP contribution in [0.25, 0.3) is 0 Å². The third-order valence-electron chi connectivity index (χ3n) is 1.85. The van der Waals surface area contributed by atoms with Crippen molar-refractivity contribution < 1.29 is 9.90 Å². The summed E-state index contributed by atoms with van der Waals surface area (Å²) in [5.41, 5.74) is 1.14. The van der Waals surface area contributed by atoms with Gasteiger partial charge in [0, 0.05) is 13.1 Å². The van der Waals surface area contributed by atoms with E-state index in [1.54, 1.807) is 24.3 Å². The van der Waals surface area contributed by atoms with Crippen molar-refractivity contribution in [1.29, 1.82) is 0 Å². The number of benzene rings is 1. The summed E-state index contributed by atoms with van der Waals surface area (Å²) in [5, 5.41) is 11.9. The van der Waals surface area contributed by atoms with Crippen molar-refractivity contribution in [3.63, 3.8) is 0 Å². The highest BCUT2D eigenvalue weighted by Crippen LogP contribution is 2.07. The van der Waals surface area contributed by atoms with Gasteiger partial charge >= 0.3 is 5.97 Å². The Balaban J connectivity index is 0.00000196. The number of hydrogen-bond donors (Lipinski definition) is 2. The Labute approximate surface area is 95.2 Å². The molecule has 1 rings (SSSR count). The minimum Gasteiger partial charge on any atom is -0.478 e. The number of carboxylic acids is 1. The molecule has 0 fully saturated rings. The van der Waals surface area contributed by atoms with Crippen LogP contribution in [0.2, 0.25) is 0 Å². The lowest BCUT2D eigenvalue weighted by Crippen LogP contribution is -2.15. The summed E-state index contributed by atoms with van der Waals surface area (Å²) < 4.78 is 0. The SMILES string of the molecule is C=CCNCc1ccccc1C(=O)O.Cl. The van der Waals surface area contributed by atoms with Crippen molar-refractivity contribution in [3.8, 4) is 0 Å². The van der Waals surface area contributed by atoms with Crippen molar-refractivity contribution in [2.75, 3.05) is 6.54 Å². The second-order valence-electron chi connectivity index (χ2n) is 2.88. The lowest BCUT2D eigenvalue weighted by molar-refractivity contribution is 0.0695. The molecule has 0 aliphatic rings. The van der Waals surface area contributed by atoms with Crippen molar-refractivity contribution in [1.82, 2.24) is 5.32 Å². The normalized spacial score (nSPS) is 9.07. The largest absolute Gasteiger partial charge is 0.478 e. The second kappa shape index (κ2) is 7.04. The smallest absolute Gasteiger partial charge is 0.336 e. The molecule has 0 spiro atoms. The molecule has 0 radical (unpaired) electrons. The summed E-state index contributed by atoms with van der Waals surface area (Å²) in [5.74, 6) is -0.888. The standard InChI is InChI=1S/C11H13NO2.ClH/c1-2-7-12-8-9-5-3-4-6-10(9)11(13)14;/h2-6,12H,1,7-8H2,(H,13,14);1H. The highest BCUT2D eigenvalue weighted by atomic mass is 35.5. The van der Waals surface area contributed by atoms with E-state index < -0.39 is 5.97 Å². The maximum Gasteiger partial charge on any atom is 0.336 e. The average molecular weight is 228 g/mol. The fraction of sp³-hybridized carbons (Fsp3) is 0.182. The number of hydrogen-bond acceptors (Lipinski definition) is 2. The summed E-state index contributed by atoms with van der Waals surface area (Å²) in [6.45, 7) is 4.80. The first-order chi connectivity index (χ1) is 6.75. The molecule has 0 bridgehead atoms. The molecule has 0 unspecified atom stereocenters. The summed E-state index contributed by atoms with van der Waals surface area (Å²) in [6, 6.07) is 6.96. The van der Waals surface area contributed by atoms with Gasteiger partial charge in [0.25, 0.3) is 0 Å². The predicted octanol–water partition coefficient (Wildman–Crippen LogP) is 2.08. The van der Waals surface area contributed by atoms with Crippen molar-refractivity contribution in [3.05, 3.63) is 48.0 Å². The third-order valence-corrected chi connectivity index (χ3v) is 1.85. The molecule has 0 atom stereocenters. The topological polar surface area (TPSA) is 49.3 Å². The summed E-state index contributed by atoms with van der Waals surface area (Å²) in [6.07, 6.45) is 1.74. The first-order valence-corrected chi connectivity index (χ1v) is 4.38.